The number of nitrogens with one attached hydrogen (secondary N) is 4. The normalized spacial score (nSPS) is 18.5. The predicted molar refractivity (Wildman–Crippen MR) is 148 cm³/mol. The lowest BCUT2D eigenvalue weighted by molar-refractivity contribution is -0.125. The predicted octanol–water partition coefficient (Wildman–Crippen LogP) is 3.01. The first-order valence-electron chi connectivity index (χ1n) is 12.1. The molecule has 2 saturated heterocycles. The molecule has 3 aromatic rings. The molecule has 1 atom stereocenters. The Bertz CT molecular complexity index is 1420. The molecule has 13 heteroatoms. The molecule has 5 rings (SSSR count). The standard InChI is InChI=1S/C25H27N7O4S2/c1-25(2)22(35)31-24(36)32(25)10-9-27-23-26-8-7-16(29-23)18-12-14-11-15(3-4-17(14)38-18)28-20(34)13-37-21-6-5-19(33)30-21/h3-4,7-8,11-12,21H,5-6,9-10,13H2,1-2H3,(H,28,34)(H,30,33)(H,26,27,29)(H,31,35,36). The van der Waals surface area contributed by atoms with Crippen molar-refractivity contribution in [1.29, 1.82) is 0 Å². The summed E-state index contributed by atoms with van der Waals surface area (Å²) in [6.45, 7) is 4.12. The molecule has 0 bridgehead atoms. The van der Waals surface area contributed by atoms with Gasteiger partial charge in [0.1, 0.15) is 5.54 Å². The average Bonchev–Trinajstić information content (AvgIpc) is 3.55. The molecule has 0 spiro atoms. The second-order valence-corrected chi connectivity index (χ2v) is 11.8. The number of amides is 5. The van der Waals surface area contributed by atoms with Crippen LogP contribution in [-0.2, 0) is 14.4 Å². The molecule has 5 amide bonds. The van der Waals surface area contributed by atoms with E-state index in [9.17, 15) is 19.2 Å². The molecule has 198 valence electrons. The van der Waals surface area contributed by atoms with Gasteiger partial charge in [-0.15, -0.1) is 23.1 Å². The zero-order valence-electron chi connectivity index (χ0n) is 20.9. The van der Waals surface area contributed by atoms with E-state index in [0.717, 1.165) is 27.1 Å². The molecule has 2 fully saturated rings. The van der Waals surface area contributed by atoms with E-state index in [0.29, 0.717) is 31.1 Å². The molecule has 2 aliphatic heterocycles. The first kappa shape index (κ1) is 25.9. The van der Waals surface area contributed by atoms with E-state index < -0.39 is 11.6 Å². The number of fused-ring (bicyclic) bond motifs is 1. The van der Waals surface area contributed by atoms with E-state index in [1.807, 2.05) is 30.3 Å². The Labute approximate surface area is 227 Å². The summed E-state index contributed by atoms with van der Waals surface area (Å²) in [5.41, 5.74) is 0.558. The summed E-state index contributed by atoms with van der Waals surface area (Å²) in [5, 5.41) is 12.2. The van der Waals surface area contributed by atoms with Crippen molar-refractivity contribution < 1.29 is 19.2 Å². The van der Waals surface area contributed by atoms with Crippen molar-refractivity contribution in [3.05, 3.63) is 36.5 Å². The highest BCUT2D eigenvalue weighted by molar-refractivity contribution is 8.00. The van der Waals surface area contributed by atoms with E-state index in [1.54, 1.807) is 31.4 Å². The highest BCUT2D eigenvalue weighted by atomic mass is 32.2. The Morgan fingerprint density at radius 2 is 2.08 bits per heavy atom. The summed E-state index contributed by atoms with van der Waals surface area (Å²) in [6.07, 6.45) is 2.93. The molecular formula is C25H27N7O4S2. The topological polar surface area (TPSA) is 145 Å². The van der Waals surface area contributed by atoms with E-state index in [1.165, 1.54) is 16.7 Å². The molecule has 11 nitrogen and oxygen atoms in total. The van der Waals surface area contributed by atoms with Crippen molar-refractivity contribution in [3.8, 4) is 10.6 Å². The summed E-state index contributed by atoms with van der Waals surface area (Å²) < 4.78 is 1.06. The van der Waals surface area contributed by atoms with Crippen molar-refractivity contribution in [3.63, 3.8) is 0 Å². The fraction of sp³-hybridized carbons (Fsp3) is 0.360. The van der Waals surface area contributed by atoms with E-state index >= 15 is 0 Å². The Kier molecular flexibility index (Phi) is 7.21. The lowest BCUT2D eigenvalue weighted by Gasteiger charge is -2.27. The van der Waals surface area contributed by atoms with Gasteiger partial charge in [-0.25, -0.2) is 14.8 Å². The van der Waals surface area contributed by atoms with E-state index in [4.69, 9.17) is 0 Å². The summed E-state index contributed by atoms with van der Waals surface area (Å²) in [7, 11) is 0. The second-order valence-electron chi connectivity index (χ2n) is 9.48. The van der Waals surface area contributed by atoms with Gasteiger partial charge in [0.05, 0.1) is 21.7 Å². The minimum absolute atomic E-state index is 0.00170. The Morgan fingerprint density at radius 1 is 1.24 bits per heavy atom. The van der Waals surface area contributed by atoms with Gasteiger partial charge in [0.15, 0.2) is 0 Å². The number of urea groups is 1. The minimum atomic E-state index is -0.899. The fourth-order valence-electron chi connectivity index (χ4n) is 4.27. The van der Waals surface area contributed by atoms with Crippen LogP contribution in [-0.4, -0.2) is 68.4 Å². The summed E-state index contributed by atoms with van der Waals surface area (Å²) in [6, 6.07) is 9.21. The number of hydrogen-bond acceptors (Lipinski definition) is 9. The highest BCUT2D eigenvalue weighted by Crippen LogP contribution is 2.34. The molecule has 0 aliphatic carbocycles. The molecule has 1 aromatic carbocycles. The zero-order chi connectivity index (χ0) is 26.9. The third-order valence-electron chi connectivity index (χ3n) is 6.39. The third-order valence-corrected chi connectivity index (χ3v) is 8.72. The number of thiophene rings is 1. The third kappa shape index (κ3) is 5.58. The number of hydrogen-bond donors (Lipinski definition) is 4. The number of aromatic nitrogens is 2. The first-order chi connectivity index (χ1) is 18.2. The lowest BCUT2D eigenvalue weighted by Crippen LogP contribution is -2.46. The SMILES string of the molecule is CC1(C)C(=O)NC(=O)N1CCNc1nccc(-c2cc3cc(NC(=O)CSC4CCC(=O)N4)ccc3s2)n1. The number of rotatable bonds is 9. The zero-order valence-corrected chi connectivity index (χ0v) is 22.5. The summed E-state index contributed by atoms with van der Waals surface area (Å²) in [5.74, 6) is 0.298. The number of thioether (sulfide) groups is 1. The smallest absolute Gasteiger partial charge is 0.325 e. The van der Waals surface area contributed by atoms with Crippen LogP contribution in [0.2, 0.25) is 0 Å². The second kappa shape index (κ2) is 10.6. The van der Waals surface area contributed by atoms with Crippen LogP contribution in [0.15, 0.2) is 36.5 Å². The van der Waals surface area contributed by atoms with Gasteiger partial charge in [-0.05, 0) is 56.0 Å². The van der Waals surface area contributed by atoms with Crippen molar-refractivity contribution >= 4 is 68.6 Å². The van der Waals surface area contributed by atoms with Crippen LogP contribution >= 0.6 is 23.1 Å². The van der Waals surface area contributed by atoms with Crippen molar-refractivity contribution in [2.45, 2.75) is 37.6 Å². The largest absolute Gasteiger partial charge is 0.352 e. The van der Waals surface area contributed by atoms with Gasteiger partial charge in [0.2, 0.25) is 17.8 Å². The number of nitrogens with zero attached hydrogens (tertiary/aromatic N) is 3. The molecule has 2 aliphatic rings. The molecule has 4 N–H and O–H groups in total. The number of anilines is 2. The van der Waals surface area contributed by atoms with Crippen molar-refractivity contribution in [2.75, 3.05) is 29.5 Å². The van der Waals surface area contributed by atoms with Crippen LogP contribution in [0.4, 0.5) is 16.4 Å². The molecule has 38 heavy (non-hydrogen) atoms. The number of carbonyl (C=O) groups excluding carboxylic acids is 4. The maximum Gasteiger partial charge on any atom is 0.325 e. The fourth-order valence-corrected chi connectivity index (χ4v) is 6.20. The number of carbonyl (C=O) groups is 4. The molecule has 1 unspecified atom stereocenters. The maximum absolute atomic E-state index is 12.4. The molecule has 4 heterocycles. The lowest BCUT2D eigenvalue weighted by atomic mass is 10.0. The van der Waals surface area contributed by atoms with E-state index in [-0.39, 0.29) is 28.8 Å². The van der Waals surface area contributed by atoms with Gasteiger partial charge in [-0.2, -0.15) is 0 Å². The number of benzene rings is 1. The molecule has 0 radical (unpaired) electrons. The van der Waals surface area contributed by atoms with Gasteiger partial charge in [0, 0.05) is 36.1 Å². The van der Waals surface area contributed by atoms with E-state index in [2.05, 4.69) is 31.2 Å². The maximum atomic E-state index is 12.4. The van der Waals surface area contributed by atoms with Crippen molar-refractivity contribution in [1.82, 2.24) is 25.5 Å². The quantitative estimate of drug-likeness (QED) is 0.296. The van der Waals surface area contributed by atoms with Gasteiger partial charge in [-0.3, -0.25) is 19.7 Å². The van der Waals surface area contributed by atoms with Crippen molar-refractivity contribution in [2.24, 2.45) is 0 Å². The average molecular weight is 554 g/mol. The monoisotopic (exact) mass is 553 g/mol. The minimum Gasteiger partial charge on any atom is -0.352 e. The Hall–Kier alpha value is -3.71. The molecule has 0 saturated carbocycles. The van der Waals surface area contributed by atoms with Crippen LogP contribution in [0.5, 0.6) is 0 Å². The van der Waals surface area contributed by atoms with Gasteiger partial charge >= 0.3 is 6.03 Å². The van der Waals surface area contributed by atoms with Gasteiger partial charge < -0.3 is 20.9 Å². The number of imide groups is 1. The van der Waals surface area contributed by atoms with Gasteiger partial charge in [-0.1, -0.05) is 0 Å². The highest BCUT2D eigenvalue weighted by Gasteiger charge is 2.45. The molecule has 2 aromatic heterocycles. The summed E-state index contributed by atoms with van der Waals surface area (Å²) >= 11 is 3.02. The molecular weight excluding hydrogens is 526 g/mol. The van der Waals surface area contributed by atoms with Crippen LogP contribution in [0.1, 0.15) is 26.7 Å². The van der Waals surface area contributed by atoms with Crippen LogP contribution in [0, 0.1) is 0 Å². The van der Waals surface area contributed by atoms with Crippen LogP contribution in [0.3, 0.4) is 0 Å². The van der Waals surface area contributed by atoms with Gasteiger partial charge in [0.25, 0.3) is 5.91 Å². The summed E-state index contributed by atoms with van der Waals surface area (Å²) in [4.78, 5) is 59.0. The Morgan fingerprint density at radius 3 is 2.82 bits per heavy atom. The Balaban J connectivity index is 1.20. The van der Waals surface area contributed by atoms with Crippen LogP contribution < -0.4 is 21.3 Å². The first-order valence-corrected chi connectivity index (χ1v) is 14.0. The van der Waals surface area contributed by atoms with Crippen LogP contribution in [0.25, 0.3) is 20.7 Å².